The number of carbonyl (C=O) groups excluding carboxylic acids is 3. The Kier molecular flexibility index (Phi) is 9.95. The summed E-state index contributed by atoms with van der Waals surface area (Å²) in [5.74, 6) is 0.384. The van der Waals surface area contributed by atoms with Crippen LogP contribution in [0.4, 0.5) is 4.79 Å². The minimum atomic E-state index is -0.589. The summed E-state index contributed by atoms with van der Waals surface area (Å²) in [6.07, 6.45) is 3.05. The fourth-order valence-electron chi connectivity index (χ4n) is 4.30. The van der Waals surface area contributed by atoms with Crippen molar-refractivity contribution in [2.75, 3.05) is 19.7 Å². The molecule has 4 rings (SSSR count). The van der Waals surface area contributed by atoms with E-state index >= 15 is 0 Å². The molecule has 11 heteroatoms. The molecular formula is C32H39N3O7S. The topological polar surface area (TPSA) is 116 Å². The van der Waals surface area contributed by atoms with Gasteiger partial charge < -0.3 is 29.2 Å². The second kappa shape index (κ2) is 13.5. The molecule has 3 heterocycles. The van der Waals surface area contributed by atoms with Crippen LogP contribution in [-0.2, 0) is 27.2 Å². The van der Waals surface area contributed by atoms with E-state index in [1.165, 1.54) is 11.3 Å². The van der Waals surface area contributed by atoms with Gasteiger partial charge in [0.25, 0.3) is 5.91 Å². The molecule has 1 atom stereocenters. The highest BCUT2D eigenvalue weighted by molar-refractivity contribution is 7.14. The third kappa shape index (κ3) is 9.71. The molecule has 2 amide bonds. The third-order valence-electron chi connectivity index (χ3n) is 6.13. The van der Waals surface area contributed by atoms with Gasteiger partial charge in [0.1, 0.15) is 28.8 Å². The number of benzene rings is 1. The van der Waals surface area contributed by atoms with Crippen LogP contribution in [0.25, 0.3) is 0 Å². The second-order valence-corrected chi connectivity index (χ2v) is 13.3. The number of rotatable bonds is 9. The van der Waals surface area contributed by atoms with Crippen LogP contribution in [-0.4, -0.2) is 58.8 Å². The first-order valence-corrected chi connectivity index (χ1v) is 15.0. The van der Waals surface area contributed by atoms with Gasteiger partial charge in [-0.3, -0.25) is 9.78 Å². The highest BCUT2D eigenvalue weighted by Crippen LogP contribution is 2.30. The van der Waals surface area contributed by atoms with Crippen LogP contribution < -0.4 is 14.8 Å². The molecule has 230 valence electrons. The maximum absolute atomic E-state index is 13.2. The smallest absolute Gasteiger partial charge is 0.410 e. The van der Waals surface area contributed by atoms with Gasteiger partial charge in [-0.1, -0.05) is 12.1 Å². The number of aromatic nitrogens is 1. The molecule has 3 aromatic rings. The summed E-state index contributed by atoms with van der Waals surface area (Å²) in [5.41, 5.74) is 0.595. The average molecular weight is 610 g/mol. The number of fused-ring (bicyclic) bond motifs is 1. The van der Waals surface area contributed by atoms with Crippen molar-refractivity contribution in [3.8, 4) is 11.5 Å². The molecule has 0 bridgehead atoms. The van der Waals surface area contributed by atoms with E-state index in [1.807, 2.05) is 39.0 Å². The highest BCUT2D eigenvalue weighted by Gasteiger charge is 2.28. The number of hydrogen-bond acceptors (Lipinski definition) is 9. The van der Waals surface area contributed by atoms with Gasteiger partial charge >= 0.3 is 12.1 Å². The Bertz CT molecular complexity index is 1410. The van der Waals surface area contributed by atoms with Crippen molar-refractivity contribution in [3.05, 3.63) is 75.7 Å². The Hall–Kier alpha value is -4.12. The Morgan fingerprint density at radius 2 is 1.72 bits per heavy atom. The van der Waals surface area contributed by atoms with E-state index in [4.69, 9.17) is 18.9 Å². The Balaban J connectivity index is 1.40. The molecule has 0 saturated heterocycles. The van der Waals surface area contributed by atoms with Crippen molar-refractivity contribution in [2.45, 2.75) is 71.8 Å². The average Bonchev–Trinajstić information content (AvgIpc) is 3.37. The first-order valence-electron chi connectivity index (χ1n) is 14.1. The van der Waals surface area contributed by atoms with Crippen LogP contribution in [0, 0.1) is 0 Å². The Morgan fingerprint density at radius 1 is 1.00 bits per heavy atom. The summed E-state index contributed by atoms with van der Waals surface area (Å²) in [7, 11) is 0. The number of esters is 1. The molecule has 1 N–H and O–H groups in total. The number of nitrogens with one attached hydrogen (secondary N) is 1. The largest absolute Gasteiger partial charge is 0.482 e. The number of hydrogen-bond donors (Lipinski definition) is 1. The van der Waals surface area contributed by atoms with Crippen LogP contribution in [0.3, 0.4) is 0 Å². The van der Waals surface area contributed by atoms with E-state index in [1.54, 1.807) is 62.3 Å². The first kappa shape index (κ1) is 31.8. The monoisotopic (exact) mass is 609 g/mol. The van der Waals surface area contributed by atoms with E-state index in [0.717, 1.165) is 16.0 Å². The van der Waals surface area contributed by atoms with Gasteiger partial charge in [-0.05, 0) is 89.4 Å². The zero-order chi connectivity index (χ0) is 31.2. The maximum Gasteiger partial charge on any atom is 0.410 e. The highest BCUT2D eigenvalue weighted by atomic mass is 32.1. The molecule has 0 aliphatic carbocycles. The van der Waals surface area contributed by atoms with Gasteiger partial charge in [0, 0.05) is 17.6 Å². The SMILES string of the molecule is CC(C)(C)OC(=O)COc1ccc(C(CNC(=O)c2cc3c(s2)CCN(C(=O)OC(C)(C)C)C3)Oc2cccnc2)cc1. The molecule has 0 spiro atoms. The molecule has 10 nitrogen and oxygen atoms in total. The predicted molar refractivity (Wildman–Crippen MR) is 162 cm³/mol. The quantitative estimate of drug-likeness (QED) is 0.307. The third-order valence-corrected chi connectivity index (χ3v) is 7.37. The number of nitrogens with zero attached hydrogens (tertiary/aromatic N) is 2. The number of pyridine rings is 1. The summed E-state index contributed by atoms with van der Waals surface area (Å²) in [6, 6.07) is 12.5. The molecule has 1 aromatic carbocycles. The minimum Gasteiger partial charge on any atom is -0.482 e. The molecule has 0 radical (unpaired) electrons. The lowest BCUT2D eigenvalue weighted by Gasteiger charge is -2.29. The van der Waals surface area contributed by atoms with Crippen LogP contribution >= 0.6 is 11.3 Å². The number of ether oxygens (including phenoxy) is 4. The number of amides is 2. The van der Waals surface area contributed by atoms with Gasteiger partial charge in [0.05, 0.1) is 24.2 Å². The normalized spacial score (nSPS) is 13.9. The summed E-state index contributed by atoms with van der Waals surface area (Å²) < 4.78 is 22.6. The summed E-state index contributed by atoms with van der Waals surface area (Å²) in [6.45, 7) is 11.9. The second-order valence-electron chi connectivity index (χ2n) is 12.2. The minimum absolute atomic E-state index is 0.193. The van der Waals surface area contributed by atoms with E-state index < -0.39 is 23.3 Å². The molecule has 0 saturated carbocycles. The zero-order valence-corrected chi connectivity index (χ0v) is 26.3. The van der Waals surface area contributed by atoms with Gasteiger partial charge in [-0.25, -0.2) is 9.59 Å². The van der Waals surface area contributed by atoms with Gasteiger partial charge in [-0.2, -0.15) is 0 Å². The molecule has 1 aliphatic heterocycles. The van der Waals surface area contributed by atoms with Crippen LogP contribution in [0.2, 0.25) is 0 Å². The summed E-state index contributed by atoms with van der Waals surface area (Å²) in [5, 5.41) is 3.00. The molecule has 43 heavy (non-hydrogen) atoms. The first-order chi connectivity index (χ1) is 20.3. The maximum atomic E-state index is 13.2. The van der Waals surface area contributed by atoms with Gasteiger partial charge in [-0.15, -0.1) is 11.3 Å². The van der Waals surface area contributed by atoms with Crippen molar-refractivity contribution in [1.29, 1.82) is 0 Å². The van der Waals surface area contributed by atoms with Crippen LogP contribution in [0.5, 0.6) is 11.5 Å². The fourth-order valence-corrected chi connectivity index (χ4v) is 5.38. The van der Waals surface area contributed by atoms with E-state index in [2.05, 4.69) is 10.3 Å². The van der Waals surface area contributed by atoms with Crippen molar-refractivity contribution in [3.63, 3.8) is 0 Å². The van der Waals surface area contributed by atoms with Gasteiger partial charge in [0.2, 0.25) is 0 Å². The zero-order valence-electron chi connectivity index (χ0n) is 25.5. The van der Waals surface area contributed by atoms with Crippen LogP contribution in [0.1, 0.15) is 73.3 Å². The van der Waals surface area contributed by atoms with E-state index in [-0.39, 0.29) is 25.2 Å². The van der Waals surface area contributed by atoms with E-state index in [9.17, 15) is 14.4 Å². The van der Waals surface area contributed by atoms with E-state index in [0.29, 0.717) is 35.9 Å². The lowest BCUT2D eigenvalue weighted by Crippen LogP contribution is -2.39. The lowest BCUT2D eigenvalue weighted by molar-refractivity contribution is -0.157. The molecule has 1 unspecified atom stereocenters. The number of carbonyl (C=O) groups is 3. The number of thiophene rings is 1. The fraction of sp³-hybridized carbons (Fsp3) is 0.438. The van der Waals surface area contributed by atoms with Crippen molar-refractivity contribution in [2.24, 2.45) is 0 Å². The standard InChI is InChI=1S/C32H39N3O7S/c1-31(2,3)41-28(36)20-39-23-11-9-21(10-12-23)25(40-24-8-7-14-33-17-24)18-34-29(37)27-16-22-19-35(15-13-26(22)43-27)30(38)42-32(4,5)6/h7-12,14,16-17,25H,13,15,18-20H2,1-6H3,(H,34,37). The molecule has 2 aromatic heterocycles. The summed E-state index contributed by atoms with van der Waals surface area (Å²) in [4.78, 5) is 45.2. The van der Waals surface area contributed by atoms with Gasteiger partial charge in [0.15, 0.2) is 6.61 Å². The van der Waals surface area contributed by atoms with Crippen molar-refractivity contribution in [1.82, 2.24) is 15.2 Å². The molecular weight excluding hydrogens is 570 g/mol. The van der Waals surface area contributed by atoms with Crippen molar-refractivity contribution >= 4 is 29.3 Å². The summed E-state index contributed by atoms with van der Waals surface area (Å²) >= 11 is 1.44. The lowest BCUT2D eigenvalue weighted by atomic mass is 10.1. The predicted octanol–water partition coefficient (Wildman–Crippen LogP) is 5.71. The van der Waals surface area contributed by atoms with Crippen LogP contribution in [0.15, 0.2) is 54.9 Å². The molecule has 0 fully saturated rings. The van der Waals surface area contributed by atoms with Crippen molar-refractivity contribution < 1.29 is 33.3 Å². The Morgan fingerprint density at radius 3 is 2.37 bits per heavy atom. The molecule has 1 aliphatic rings. The Labute approximate surface area is 256 Å².